The number of rotatable bonds is 5. The van der Waals surface area contributed by atoms with Gasteiger partial charge in [-0.2, -0.15) is 0 Å². The van der Waals surface area contributed by atoms with Crippen LogP contribution in [0, 0.1) is 0 Å². The molecule has 0 saturated carbocycles. The van der Waals surface area contributed by atoms with Gasteiger partial charge in [-0.15, -0.1) is 0 Å². The molecular weight excluding hydrogens is 659 g/mol. The fourth-order valence-electron chi connectivity index (χ4n) is 8.31. The molecule has 4 heteroatoms. The van der Waals surface area contributed by atoms with Gasteiger partial charge >= 0.3 is 0 Å². The largest absolute Gasteiger partial charge is 0.208 e. The molecule has 250 valence electrons. The first kappa shape index (κ1) is 31.3. The van der Waals surface area contributed by atoms with Gasteiger partial charge in [-0.3, -0.25) is 0 Å². The summed E-state index contributed by atoms with van der Waals surface area (Å²) in [5.74, 6) is 2.04. The van der Waals surface area contributed by atoms with Crippen LogP contribution in [0.25, 0.3) is 89.1 Å². The summed E-state index contributed by atoms with van der Waals surface area (Å²) in [6.45, 7) is 4.93. The second-order valence-corrected chi connectivity index (χ2v) is 18.7. The fourth-order valence-corrected chi connectivity index (χ4v) is 11.7. The standard InChI is InChI=1S/C49H35N3Si/c1-53(2)44-30-29-35-16-8-9-19-40(35)45(44)42-21-12-22-43(46(42)53)49-51-47(50-48(52-49)41-20-11-10-18-39(41)34-14-4-3-5-15-34)36-26-23-33(24-27-36)38-28-25-32-13-6-7-17-37(32)31-38/h3-31H,1-2H3. The molecule has 1 aliphatic rings. The highest BCUT2D eigenvalue weighted by Gasteiger charge is 2.40. The summed E-state index contributed by atoms with van der Waals surface area (Å²) in [5, 5.41) is 7.90. The van der Waals surface area contributed by atoms with Crippen LogP contribution in [0.1, 0.15) is 0 Å². The van der Waals surface area contributed by atoms with Crippen molar-refractivity contribution in [3.8, 4) is 67.5 Å². The molecule has 2 heterocycles. The molecule has 1 aliphatic heterocycles. The second kappa shape index (κ2) is 12.3. The second-order valence-electron chi connectivity index (χ2n) is 14.4. The van der Waals surface area contributed by atoms with E-state index in [0.29, 0.717) is 17.5 Å². The minimum Gasteiger partial charge on any atom is -0.208 e. The van der Waals surface area contributed by atoms with Gasteiger partial charge in [0.25, 0.3) is 0 Å². The smallest absolute Gasteiger partial charge is 0.164 e. The Morgan fingerprint density at radius 1 is 0.358 bits per heavy atom. The molecule has 0 amide bonds. The minimum absolute atomic E-state index is 0.663. The fraction of sp³-hybridized carbons (Fsp3) is 0.0408. The molecule has 0 aliphatic carbocycles. The lowest BCUT2D eigenvalue weighted by molar-refractivity contribution is 1.08. The summed E-state index contributed by atoms with van der Waals surface area (Å²) in [4.78, 5) is 15.9. The zero-order valence-corrected chi connectivity index (χ0v) is 30.6. The zero-order chi connectivity index (χ0) is 35.5. The van der Waals surface area contributed by atoms with Crippen LogP contribution < -0.4 is 10.4 Å². The summed E-state index contributed by atoms with van der Waals surface area (Å²) in [5.41, 5.74) is 10.3. The Balaban J connectivity index is 1.17. The summed E-state index contributed by atoms with van der Waals surface area (Å²) in [7, 11) is -2.15. The van der Waals surface area contributed by atoms with Crippen LogP contribution in [0.4, 0.5) is 0 Å². The molecule has 9 aromatic rings. The summed E-state index contributed by atoms with van der Waals surface area (Å²) in [6.07, 6.45) is 0. The Kier molecular flexibility index (Phi) is 7.27. The molecule has 10 rings (SSSR count). The van der Waals surface area contributed by atoms with Crippen molar-refractivity contribution in [2.75, 3.05) is 0 Å². The molecule has 53 heavy (non-hydrogen) atoms. The predicted molar refractivity (Wildman–Crippen MR) is 224 cm³/mol. The maximum absolute atomic E-state index is 5.35. The highest BCUT2D eigenvalue weighted by molar-refractivity contribution is 7.04. The monoisotopic (exact) mass is 693 g/mol. The molecule has 3 nitrogen and oxygen atoms in total. The normalized spacial score (nSPS) is 12.9. The predicted octanol–water partition coefficient (Wildman–Crippen LogP) is 11.3. The van der Waals surface area contributed by atoms with E-state index < -0.39 is 8.07 Å². The van der Waals surface area contributed by atoms with E-state index >= 15 is 0 Å². The van der Waals surface area contributed by atoms with E-state index in [-0.39, 0.29) is 0 Å². The molecule has 8 aromatic carbocycles. The number of hydrogen-bond acceptors (Lipinski definition) is 3. The zero-order valence-electron chi connectivity index (χ0n) is 29.6. The SMILES string of the molecule is C[Si]1(C)c2ccc3ccccc3c2-c2cccc(-c3nc(-c4ccc(-c5ccc6ccccc6c5)cc4)nc(-c4ccccc4-c4ccccc4)n3)c21. The van der Waals surface area contributed by atoms with Gasteiger partial charge in [-0.25, -0.2) is 15.0 Å². The molecular formula is C49H35N3Si. The molecule has 0 N–H and O–H groups in total. The van der Waals surface area contributed by atoms with Crippen molar-refractivity contribution in [1.29, 1.82) is 0 Å². The number of hydrogen-bond donors (Lipinski definition) is 0. The van der Waals surface area contributed by atoms with E-state index in [1.807, 2.05) is 0 Å². The van der Waals surface area contributed by atoms with Crippen LogP contribution in [0.3, 0.4) is 0 Å². The van der Waals surface area contributed by atoms with Crippen molar-refractivity contribution in [1.82, 2.24) is 15.0 Å². The molecule has 1 aromatic heterocycles. The number of nitrogens with zero attached hydrogens (tertiary/aromatic N) is 3. The van der Waals surface area contributed by atoms with E-state index in [9.17, 15) is 0 Å². The van der Waals surface area contributed by atoms with Crippen molar-refractivity contribution >= 4 is 40.0 Å². The molecule has 0 saturated heterocycles. The Bertz CT molecular complexity index is 2860. The van der Waals surface area contributed by atoms with Crippen molar-refractivity contribution in [2.24, 2.45) is 0 Å². The Morgan fingerprint density at radius 2 is 0.925 bits per heavy atom. The molecule has 0 atom stereocenters. The summed E-state index contributed by atoms with van der Waals surface area (Å²) >= 11 is 0. The summed E-state index contributed by atoms with van der Waals surface area (Å²) in [6, 6.07) is 62.8. The number of fused-ring (bicyclic) bond motifs is 6. The topological polar surface area (TPSA) is 38.7 Å². The third-order valence-electron chi connectivity index (χ3n) is 10.9. The van der Waals surface area contributed by atoms with Gasteiger partial charge in [-0.05, 0) is 71.4 Å². The molecule has 0 spiro atoms. The van der Waals surface area contributed by atoms with E-state index in [1.54, 1.807) is 0 Å². The van der Waals surface area contributed by atoms with Gasteiger partial charge in [0, 0.05) is 16.7 Å². The van der Waals surface area contributed by atoms with E-state index in [1.165, 1.54) is 48.6 Å². The minimum atomic E-state index is -2.15. The Morgan fingerprint density at radius 3 is 1.74 bits per heavy atom. The van der Waals surface area contributed by atoms with Crippen LogP contribution in [0.2, 0.25) is 13.1 Å². The maximum Gasteiger partial charge on any atom is 0.164 e. The van der Waals surface area contributed by atoms with Gasteiger partial charge in [0.2, 0.25) is 0 Å². The number of aromatic nitrogens is 3. The van der Waals surface area contributed by atoms with Crippen molar-refractivity contribution < 1.29 is 0 Å². The van der Waals surface area contributed by atoms with Gasteiger partial charge in [0.15, 0.2) is 17.5 Å². The van der Waals surface area contributed by atoms with E-state index in [0.717, 1.165) is 33.4 Å². The van der Waals surface area contributed by atoms with Crippen molar-refractivity contribution in [3.63, 3.8) is 0 Å². The quantitative estimate of drug-likeness (QED) is 0.168. The highest BCUT2D eigenvalue weighted by Crippen LogP contribution is 2.38. The van der Waals surface area contributed by atoms with E-state index in [2.05, 4.69) is 189 Å². The van der Waals surface area contributed by atoms with Crippen LogP contribution >= 0.6 is 0 Å². The van der Waals surface area contributed by atoms with E-state index in [4.69, 9.17) is 15.0 Å². The first-order valence-electron chi connectivity index (χ1n) is 18.2. The van der Waals surface area contributed by atoms with Crippen molar-refractivity contribution in [2.45, 2.75) is 13.1 Å². The summed E-state index contributed by atoms with van der Waals surface area (Å²) < 4.78 is 0. The van der Waals surface area contributed by atoms with Crippen LogP contribution in [-0.4, -0.2) is 23.0 Å². The van der Waals surface area contributed by atoms with Gasteiger partial charge in [-0.1, -0.05) is 183 Å². The molecule has 0 bridgehead atoms. The molecule has 0 fully saturated rings. The van der Waals surface area contributed by atoms with Gasteiger partial charge in [0.05, 0.1) is 0 Å². The van der Waals surface area contributed by atoms with Crippen LogP contribution in [-0.2, 0) is 0 Å². The van der Waals surface area contributed by atoms with Crippen LogP contribution in [0.5, 0.6) is 0 Å². The first-order chi connectivity index (χ1) is 26.0. The number of benzene rings is 8. The average Bonchev–Trinajstić information content (AvgIpc) is 3.47. The van der Waals surface area contributed by atoms with Gasteiger partial charge < -0.3 is 0 Å². The lowest BCUT2D eigenvalue weighted by atomic mass is 9.97. The average molecular weight is 694 g/mol. The maximum atomic E-state index is 5.35. The Hall–Kier alpha value is -6.49. The van der Waals surface area contributed by atoms with Gasteiger partial charge in [0.1, 0.15) is 8.07 Å². The first-order valence-corrected chi connectivity index (χ1v) is 21.2. The highest BCUT2D eigenvalue weighted by atomic mass is 28.3. The third-order valence-corrected chi connectivity index (χ3v) is 14.5. The Labute approximate surface area is 310 Å². The lowest BCUT2D eigenvalue weighted by Crippen LogP contribution is -2.50. The molecule has 0 radical (unpaired) electrons. The third kappa shape index (κ3) is 5.22. The van der Waals surface area contributed by atoms with Crippen molar-refractivity contribution in [3.05, 3.63) is 176 Å². The van der Waals surface area contributed by atoms with Crippen LogP contribution in [0.15, 0.2) is 176 Å². The lowest BCUT2D eigenvalue weighted by Gasteiger charge is -2.22. The molecule has 0 unspecified atom stereocenters.